The number of pyridine rings is 1. The van der Waals surface area contributed by atoms with Crippen LogP contribution in [0.15, 0.2) is 41.0 Å². The van der Waals surface area contributed by atoms with Gasteiger partial charge >= 0.3 is 0 Å². The summed E-state index contributed by atoms with van der Waals surface area (Å²) in [5, 5.41) is 2.47. The zero-order valence-corrected chi connectivity index (χ0v) is 11.2. The second-order valence-electron chi connectivity index (χ2n) is 3.79. The van der Waals surface area contributed by atoms with Crippen LogP contribution in [0.4, 0.5) is 14.6 Å². The number of nitrogens with zero attached hydrogens (tertiary/aromatic N) is 1. The number of rotatable bonds is 3. The zero-order valence-electron chi connectivity index (χ0n) is 9.66. The Labute approximate surface area is 116 Å². The maximum absolute atomic E-state index is 13.4. The van der Waals surface area contributed by atoms with Crippen molar-refractivity contribution in [2.75, 3.05) is 5.32 Å². The Morgan fingerprint density at radius 1 is 1.21 bits per heavy atom. The number of halogens is 3. The summed E-state index contributed by atoms with van der Waals surface area (Å²) in [5.41, 5.74) is -0.253. The third-order valence-electron chi connectivity index (χ3n) is 2.39. The van der Waals surface area contributed by atoms with Crippen molar-refractivity contribution in [3.63, 3.8) is 0 Å². The highest BCUT2D eigenvalue weighted by Gasteiger charge is 2.13. The molecule has 0 saturated carbocycles. The molecule has 0 bridgehead atoms. The summed E-state index contributed by atoms with van der Waals surface area (Å²) < 4.78 is 27.5. The molecule has 2 aromatic rings. The first-order valence-electron chi connectivity index (χ1n) is 5.40. The summed E-state index contributed by atoms with van der Waals surface area (Å²) in [6.07, 6.45) is 1.13. The van der Waals surface area contributed by atoms with Gasteiger partial charge in [0.25, 0.3) is 0 Å². The van der Waals surface area contributed by atoms with Gasteiger partial charge in [-0.1, -0.05) is 6.07 Å². The van der Waals surface area contributed by atoms with Crippen molar-refractivity contribution in [1.29, 1.82) is 0 Å². The van der Waals surface area contributed by atoms with Gasteiger partial charge in [-0.3, -0.25) is 4.79 Å². The van der Waals surface area contributed by atoms with Crippen LogP contribution in [-0.2, 0) is 11.2 Å². The van der Waals surface area contributed by atoms with E-state index in [0.29, 0.717) is 5.82 Å². The van der Waals surface area contributed by atoms with Crippen molar-refractivity contribution in [2.45, 2.75) is 6.42 Å². The van der Waals surface area contributed by atoms with Crippen molar-refractivity contribution in [2.24, 2.45) is 0 Å². The number of benzene rings is 1. The van der Waals surface area contributed by atoms with Gasteiger partial charge in [-0.05, 0) is 40.2 Å². The number of hydrogen-bond donors (Lipinski definition) is 1. The van der Waals surface area contributed by atoms with Crippen LogP contribution in [0, 0.1) is 11.6 Å². The molecule has 1 amide bonds. The molecule has 19 heavy (non-hydrogen) atoms. The van der Waals surface area contributed by atoms with E-state index in [1.54, 1.807) is 12.1 Å². The molecular formula is C13H9BrF2N2O. The Morgan fingerprint density at radius 2 is 1.89 bits per heavy atom. The third kappa shape index (κ3) is 3.57. The Bertz CT molecular complexity index is 582. The molecule has 1 aromatic carbocycles. The van der Waals surface area contributed by atoms with Crippen LogP contribution in [-0.4, -0.2) is 10.9 Å². The Morgan fingerprint density at radius 3 is 2.47 bits per heavy atom. The van der Waals surface area contributed by atoms with Gasteiger partial charge in [-0.25, -0.2) is 13.8 Å². The van der Waals surface area contributed by atoms with Gasteiger partial charge in [0.1, 0.15) is 17.5 Å². The summed E-state index contributed by atoms with van der Waals surface area (Å²) in [6.45, 7) is 0. The predicted molar refractivity (Wildman–Crippen MR) is 70.6 cm³/mol. The van der Waals surface area contributed by atoms with Crippen molar-refractivity contribution < 1.29 is 13.6 Å². The van der Waals surface area contributed by atoms with Gasteiger partial charge < -0.3 is 5.32 Å². The maximum atomic E-state index is 13.4. The zero-order chi connectivity index (χ0) is 13.8. The van der Waals surface area contributed by atoms with Crippen LogP contribution in [0.1, 0.15) is 5.56 Å². The monoisotopic (exact) mass is 326 g/mol. The number of hydrogen-bond acceptors (Lipinski definition) is 2. The minimum absolute atomic E-state index is 0.253. The molecule has 0 aliphatic heterocycles. The van der Waals surface area contributed by atoms with Crippen molar-refractivity contribution in [3.8, 4) is 0 Å². The van der Waals surface area contributed by atoms with Gasteiger partial charge in [0, 0.05) is 16.2 Å². The van der Waals surface area contributed by atoms with E-state index in [4.69, 9.17) is 0 Å². The van der Waals surface area contributed by atoms with E-state index >= 15 is 0 Å². The summed E-state index contributed by atoms with van der Waals surface area (Å²) >= 11 is 3.21. The standard InChI is InChI=1S/C13H9BrF2N2O/c14-8-4-5-12(17-7-8)18-13(19)6-9-10(15)2-1-3-11(9)16/h1-5,7H,6H2,(H,17,18,19). The van der Waals surface area contributed by atoms with Crippen molar-refractivity contribution in [1.82, 2.24) is 4.98 Å². The molecule has 1 aromatic heterocycles. The third-order valence-corrected chi connectivity index (χ3v) is 2.86. The molecule has 1 heterocycles. The lowest BCUT2D eigenvalue weighted by molar-refractivity contribution is -0.115. The lowest BCUT2D eigenvalue weighted by atomic mass is 10.1. The SMILES string of the molecule is O=C(Cc1c(F)cccc1F)Nc1ccc(Br)cn1. The quantitative estimate of drug-likeness (QED) is 0.940. The van der Waals surface area contributed by atoms with E-state index in [9.17, 15) is 13.6 Å². The molecule has 0 unspecified atom stereocenters. The molecule has 0 spiro atoms. The highest BCUT2D eigenvalue weighted by Crippen LogP contribution is 2.14. The average molecular weight is 327 g/mol. The summed E-state index contributed by atoms with van der Waals surface area (Å²) in [5.74, 6) is -1.68. The summed E-state index contributed by atoms with van der Waals surface area (Å²) in [7, 11) is 0. The average Bonchev–Trinajstić information content (AvgIpc) is 2.37. The molecule has 0 aliphatic rings. The summed E-state index contributed by atoms with van der Waals surface area (Å²) in [6, 6.07) is 6.77. The van der Waals surface area contributed by atoms with E-state index in [1.807, 2.05) is 0 Å². The fraction of sp³-hybridized carbons (Fsp3) is 0.0769. The first kappa shape index (κ1) is 13.6. The number of nitrogens with one attached hydrogen (secondary N) is 1. The molecule has 6 heteroatoms. The molecule has 0 fully saturated rings. The molecular weight excluding hydrogens is 318 g/mol. The Hall–Kier alpha value is -1.82. The van der Waals surface area contributed by atoms with E-state index in [0.717, 1.165) is 16.6 Å². The number of carbonyl (C=O) groups is 1. The van der Waals surface area contributed by atoms with E-state index < -0.39 is 17.5 Å². The van der Waals surface area contributed by atoms with Gasteiger partial charge in [0.2, 0.25) is 5.91 Å². The highest BCUT2D eigenvalue weighted by atomic mass is 79.9. The minimum atomic E-state index is -0.737. The van der Waals surface area contributed by atoms with Crippen LogP contribution in [0.3, 0.4) is 0 Å². The first-order chi connectivity index (χ1) is 9.06. The van der Waals surface area contributed by atoms with Crippen LogP contribution in [0.5, 0.6) is 0 Å². The van der Waals surface area contributed by atoms with Crippen LogP contribution in [0.2, 0.25) is 0 Å². The topological polar surface area (TPSA) is 42.0 Å². The number of aromatic nitrogens is 1. The highest BCUT2D eigenvalue weighted by molar-refractivity contribution is 9.10. The number of anilines is 1. The smallest absolute Gasteiger partial charge is 0.230 e. The van der Waals surface area contributed by atoms with Crippen molar-refractivity contribution >= 4 is 27.7 Å². The summed E-state index contributed by atoms with van der Waals surface area (Å²) in [4.78, 5) is 15.6. The Balaban J connectivity index is 2.07. The molecule has 3 nitrogen and oxygen atoms in total. The normalized spacial score (nSPS) is 10.3. The van der Waals surface area contributed by atoms with Crippen LogP contribution in [0.25, 0.3) is 0 Å². The molecule has 0 atom stereocenters. The van der Waals surface area contributed by atoms with E-state index in [2.05, 4.69) is 26.2 Å². The number of carbonyl (C=O) groups excluding carboxylic acids is 1. The molecule has 0 saturated heterocycles. The lowest BCUT2D eigenvalue weighted by Gasteiger charge is -2.06. The second-order valence-corrected chi connectivity index (χ2v) is 4.70. The fourth-order valence-corrected chi connectivity index (χ4v) is 1.73. The van der Waals surface area contributed by atoms with Gasteiger partial charge in [0.15, 0.2) is 0 Å². The number of amides is 1. The van der Waals surface area contributed by atoms with Gasteiger partial charge in [0.05, 0.1) is 6.42 Å². The second kappa shape index (κ2) is 5.88. The molecule has 0 aliphatic carbocycles. The van der Waals surface area contributed by atoms with Gasteiger partial charge in [-0.2, -0.15) is 0 Å². The molecule has 2 rings (SSSR count). The maximum Gasteiger partial charge on any atom is 0.230 e. The van der Waals surface area contributed by atoms with E-state index in [1.165, 1.54) is 12.3 Å². The molecule has 1 N–H and O–H groups in total. The van der Waals surface area contributed by atoms with Crippen molar-refractivity contribution in [3.05, 3.63) is 58.2 Å². The van der Waals surface area contributed by atoms with E-state index in [-0.39, 0.29) is 12.0 Å². The first-order valence-corrected chi connectivity index (χ1v) is 6.20. The molecule has 0 radical (unpaired) electrons. The van der Waals surface area contributed by atoms with Gasteiger partial charge in [-0.15, -0.1) is 0 Å². The fourth-order valence-electron chi connectivity index (χ4n) is 1.50. The predicted octanol–water partition coefficient (Wildman–Crippen LogP) is 3.30. The molecule has 98 valence electrons. The van der Waals surface area contributed by atoms with Crippen LogP contribution >= 0.6 is 15.9 Å². The largest absolute Gasteiger partial charge is 0.310 e. The minimum Gasteiger partial charge on any atom is -0.310 e. The Kier molecular flexibility index (Phi) is 4.21. The van der Waals surface area contributed by atoms with Crippen LogP contribution < -0.4 is 5.32 Å². The lowest BCUT2D eigenvalue weighted by Crippen LogP contribution is -2.16.